The number of nitrogens with zero attached hydrogens (tertiary/aromatic N) is 1. The second-order valence-electron chi connectivity index (χ2n) is 2.69. The van der Waals surface area contributed by atoms with Crippen LogP contribution >= 0.6 is 0 Å². The zero-order chi connectivity index (χ0) is 7.84. The smallest absolute Gasteiger partial charge is 0.225 e. The van der Waals surface area contributed by atoms with Crippen LogP contribution in [0.15, 0.2) is 4.52 Å². The fourth-order valence-electron chi connectivity index (χ4n) is 1.30. The summed E-state index contributed by atoms with van der Waals surface area (Å²) in [5.74, 6) is 0.582. The number of carbonyl (C=O) groups is 1. The van der Waals surface area contributed by atoms with Gasteiger partial charge in [0.2, 0.25) is 5.88 Å². The summed E-state index contributed by atoms with van der Waals surface area (Å²) in [5, 5.41) is 3.69. The van der Waals surface area contributed by atoms with Crippen molar-refractivity contribution in [2.24, 2.45) is 0 Å². The predicted octanol–water partition coefficient (Wildman–Crippen LogP) is 0.315. The maximum Gasteiger partial charge on any atom is 0.225 e. The Morgan fingerprint density at radius 1 is 1.45 bits per heavy atom. The van der Waals surface area contributed by atoms with Crippen molar-refractivity contribution in [3.05, 3.63) is 11.3 Å². The Kier molecular flexibility index (Phi) is 1.21. The van der Waals surface area contributed by atoms with Crippen LogP contribution < -0.4 is 5.73 Å². The fourth-order valence-corrected chi connectivity index (χ4v) is 1.30. The minimum atomic E-state index is 0.214. The largest absolute Gasteiger partial charge is 0.367 e. The molecule has 1 aromatic rings. The predicted molar refractivity (Wildman–Crippen MR) is 37.9 cm³/mol. The lowest BCUT2D eigenvalue weighted by molar-refractivity contribution is -0.118. The van der Waals surface area contributed by atoms with Crippen molar-refractivity contribution in [1.82, 2.24) is 5.16 Å². The molecule has 4 heteroatoms. The lowest BCUT2D eigenvalue weighted by Crippen LogP contribution is -2.12. The number of hydrogen-bond donors (Lipinski definition) is 1. The van der Waals surface area contributed by atoms with Crippen LogP contribution in [0.2, 0.25) is 0 Å². The normalized spacial score (nSPS) is 16.5. The Morgan fingerprint density at radius 3 is 3.09 bits per heavy atom. The lowest BCUT2D eigenvalue weighted by Gasteiger charge is -2.06. The summed E-state index contributed by atoms with van der Waals surface area (Å²) in [5.41, 5.74) is 7.11. The molecule has 2 N–H and O–H groups in total. The van der Waals surface area contributed by atoms with E-state index in [0.29, 0.717) is 25.1 Å². The third-order valence-electron chi connectivity index (χ3n) is 1.92. The van der Waals surface area contributed by atoms with E-state index in [4.69, 9.17) is 10.3 Å². The highest BCUT2D eigenvalue weighted by atomic mass is 16.5. The van der Waals surface area contributed by atoms with Crippen LogP contribution in [-0.2, 0) is 17.6 Å². The molecule has 4 nitrogen and oxygen atoms in total. The Bertz CT molecular complexity index is 303. The van der Waals surface area contributed by atoms with Crippen molar-refractivity contribution in [3.63, 3.8) is 0 Å². The van der Waals surface area contributed by atoms with Gasteiger partial charge in [0.05, 0.1) is 12.1 Å². The van der Waals surface area contributed by atoms with Gasteiger partial charge >= 0.3 is 0 Å². The zero-order valence-corrected chi connectivity index (χ0v) is 5.96. The van der Waals surface area contributed by atoms with E-state index in [1.165, 1.54) is 0 Å². The van der Waals surface area contributed by atoms with Gasteiger partial charge in [-0.3, -0.25) is 4.79 Å². The van der Waals surface area contributed by atoms with E-state index in [0.717, 1.165) is 11.3 Å². The van der Waals surface area contributed by atoms with Crippen molar-refractivity contribution in [2.75, 3.05) is 5.73 Å². The number of hydrogen-bond acceptors (Lipinski definition) is 4. The van der Waals surface area contributed by atoms with Crippen LogP contribution in [0.4, 0.5) is 5.88 Å². The number of fused-ring (bicyclic) bond motifs is 1. The first-order valence-corrected chi connectivity index (χ1v) is 3.52. The number of Topliss-reactive ketones (excluding diaryl/α,β-unsaturated/α-hetero) is 1. The molecule has 11 heavy (non-hydrogen) atoms. The van der Waals surface area contributed by atoms with Gasteiger partial charge < -0.3 is 10.3 Å². The number of carbonyl (C=O) groups excluding carboxylic acids is 1. The summed E-state index contributed by atoms with van der Waals surface area (Å²) < 4.78 is 4.74. The topological polar surface area (TPSA) is 69.1 Å². The number of anilines is 1. The van der Waals surface area contributed by atoms with Crippen molar-refractivity contribution in [2.45, 2.75) is 19.3 Å². The standard InChI is InChI=1S/C7H8N2O2/c8-7-5-2-1-4(10)3-6(5)9-11-7/h1-3,8H2. The van der Waals surface area contributed by atoms with Gasteiger partial charge in [-0.1, -0.05) is 5.16 Å². The van der Waals surface area contributed by atoms with E-state index in [2.05, 4.69) is 5.16 Å². The molecule has 0 aliphatic heterocycles. The Hall–Kier alpha value is -1.32. The summed E-state index contributed by atoms with van der Waals surface area (Å²) >= 11 is 0. The van der Waals surface area contributed by atoms with Crippen molar-refractivity contribution < 1.29 is 9.32 Å². The molecule has 0 bridgehead atoms. The van der Waals surface area contributed by atoms with E-state index >= 15 is 0 Å². The monoisotopic (exact) mass is 152 g/mol. The average Bonchev–Trinajstić information content (AvgIpc) is 2.32. The molecule has 1 aliphatic rings. The molecule has 58 valence electrons. The molecule has 0 atom stereocenters. The van der Waals surface area contributed by atoms with Gasteiger partial charge in [-0.05, 0) is 6.42 Å². The van der Waals surface area contributed by atoms with Gasteiger partial charge in [0, 0.05) is 12.0 Å². The number of ketones is 1. The van der Waals surface area contributed by atoms with Crippen LogP contribution in [-0.4, -0.2) is 10.9 Å². The Balaban J connectivity index is 2.44. The number of nitrogens with two attached hydrogens (primary N) is 1. The van der Waals surface area contributed by atoms with Crippen LogP contribution in [0.1, 0.15) is 17.7 Å². The first kappa shape index (κ1) is 6.39. The third kappa shape index (κ3) is 0.906. The van der Waals surface area contributed by atoms with Crippen molar-refractivity contribution in [1.29, 1.82) is 0 Å². The van der Waals surface area contributed by atoms with Crippen molar-refractivity contribution >= 4 is 11.7 Å². The maximum absolute atomic E-state index is 10.9. The third-order valence-corrected chi connectivity index (χ3v) is 1.92. The molecule has 1 aliphatic carbocycles. The highest BCUT2D eigenvalue weighted by Crippen LogP contribution is 2.23. The summed E-state index contributed by atoms with van der Waals surface area (Å²) in [6.45, 7) is 0. The minimum absolute atomic E-state index is 0.214. The molecule has 0 radical (unpaired) electrons. The molecule has 1 aromatic heterocycles. The molecule has 2 rings (SSSR count). The van der Waals surface area contributed by atoms with Crippen LogP contribution in [0.5, 0.6) is 0 Å². The number of nitrogen functional groups attached to an aromatic ring is 1. The van der Waals surface area contributed by atoms with Gasteiger partial charge in [-0.2, -0.15) is 0 Å². The molecule has 1 heterocycles. The highest BCUT2D eigenvalue weighted by Gasteiger charge is 2.21. The average molecular weight is 152 g/mol. The Labute approximate surface area is 63.4 Å². The fraction of sp³-hybridized carbons (Fsp3) is 0.429. The molecule has 0 aromatic carbocycles. The highest BCUT2D eigenvalue weighted by molar-refractivity contribution is 5.83. The number of rotatable bonds is 0. The summed E-state index contributed by atoms with van der Waals surface area (Å²) in [7, 11) is 0. The van der Waals surface area contributed by atoms with Gasteiger partial charge in [-0.25, -0.2) is 0 Å². The van der Waals surface area contributed by atoms with E-state index in [-0.39, 0.29) is 5.78 Å². The maximum atomic E-state index is 10.9. The molecular formula is C7H8N2O2. The summed E-state index contributed by atoms with van der Waals surface area (Å²) in [6, 6.07) is 0. The first-order valence-electron chi connectivity index (χ1n) is 3.52. The van der Waals surface area contributed by atoms with Crippen LogP contribution in [0, 0.1) is 0 Å². The molecule has 0 unspecified atom stereocenters. The van der Waals surface area contributed by atoms with E-state index in [1.807, 2.05) is 0 Å². The first-order chi connectivity index (χ1) is 5.27. The van der Waals surface area contributed by atoms with Gasteiger partial charge in [0.15, 0.2) is 0 Å². The molecule has 0 saturated carbocycles. The molecule has 0 fully saturated rings. The number of aromatic nitrogens is 1. The zero-order valence-electron chi connectivity index (χ0n) is 5.96. The minimum Gasteiger partial charge on any atom is -0.367 e. The van der Waals surface area contributed by atoms with E-state index < -0.39 is 0 Å². The van der Waals surface area contributed by atoms with Crippen LogP contribution in [0.25, 0.3) is 0 Å². The molecule has 0 spiro atoms. The quantitative estimate of drug-likeness (QED) is 0.581. The van der Waals surface area contributed by atoms with Crippen molar-refractivity contribution in [3.8, 4) is 0 Å². The van der Waals surface area contributed by atoms with E-state index in [9.17, 15) is 4.79 Å². The van der Waals surface area contributed by atoms with Gasteiger partial charge in [0.25, 0.3) is 0 Å². The molecule has 0 saturated heterocycles. The summed E-state index contributed by atoms with van der Waals surface area (Å²) in [4.78, 5) is 10.9. The lowest BCUT2D eigenvalue weighted by atomic mass is 9.97. The summed E-state index contributed by atoms with van der Waals surface area (Å²) in [6.07, 6.45) is 1.64. The SMILES string of the molecule is Nc1onc2c1CCC(=O)C2. The molecule has 0 amide bonds. The van der Waals surface area contributed by atoms with E-state index in [1.54, 1.807) is 0 Å². The second kappa shape index (κ2) is 2.08. The Morgan fingerprint density at radius 2 is 2.27 bits per heavy atom. The second-order valence-corrected chi connectivity index (χ2v) is 2.69. The van der Waals surface area contributed by atoms with Crippen LogP contribution in [0.3, 0.4) is 0 Å². The van der Waals surface area contributed by atoms with Gasteiger partial charge in [-0.15, -0.1) is 0 Å². The van der Waals surface area contributed by atoms with Gasteiger partial charge in [0.1, 0.15) is 5.78 Å². The molecular weight excluding hydrogens is 144 g/mol.